The van der Waals surface area contributed by atoms with Crippen LogP contribution < -0.4 is 10.5 Å². The summed E-state index contributed by atoms with van der Waals surface area (Å²) in [5.74, 6) is 1.29. The second-order valence-electron chi connectivity index (χ2n) is 5.46. The first-order valence-electron chi connectivity index (χ1n) is 7.19. The number of nitrogens with zero attached hydrogens (tertiary/aromatic N) is 2. The van der Waals surface area contributed by atoms with E-state index in [2.05, 4.69) is 24.0 Å². The number of rotatable bonds is 3. The Balaban J connectivity index is 2.21. The van der Waals surface area contributed by atoms with Crippen LogP contribution >= 0.6 is 0 Å². The van der Waals surface area contributed by atoms with Gasteiger partial charge in [0.25, 0.3) is 0 Å². The van der Waals surface area contributed by atoms with Gasteiger partial charge in [-0.05, 0) is 26.0 Å². The van der Waals surface area contributed by atoms with E-state index in [1.807, 2.05) is 43.3 Å². The predicted molar refractivity (Wildman–Crippen MR) is 89.7 cm³/mol. The molecule has 1 unspecified atom stereocenters. The first-order chi connectivity index (χ1) is 10.5. The lowest BCUT2D eigenvalue weighted by atomic mass is 9.91. The number of methoxy groups -OCH3 is 1. The maximum absolute atomic E-state index is 6.02. The summed E-state index contributed by atoms with van der Waals surface area (Å²) in [4.78, 5) is 9.47. The Bertz CT molecular complexity index is 742. The fraction of sp³-hybridized carbons (Fsp3) is 0.222. The average Bonchev–Trinajstić information content (AvgIpc) is 2.84. The quantitative estimate of drug-likeness (QED) is 0.945. The van der Waals surface area contributed by atoms with Gasteiger partial charge in [0.2, 0.25) is 5.66 Å². The van der Waals surface area contributed by atoms with E-state index in [9.17, 15) is 0 Å². The van der Waals surface area contributed by atoms with E-state index in [1.165, 1.54) is 5.56 Å². The van der Waals surface area contributed by atoms with Crippen LogP contribution in [0.15, 0.2) is 58.5 Å². The molecular weight excluding hydrogens is 274 g/mol. The van der Waals surface area contributed by atoms with Crippen molar-refractivity contribution in [2.45, 2.75) is 19.5 Å². The molecular formula is C18H19N3O. The minimum Gasteiger partial charge on any atom is -0.497 e. The Morgan fingerprint density at radius 3 is 2.23 bits per heavy atom. The molecule has 1 aliphatic rings. The Morgan fingerprint density at radius 2 is 1.68 bits per heavy atom. The third kappa shape index (κ3) is 2.26. The van der Waals surface area contributed by atoms with Gasteiger partial charge in [0.1, 0.15) is 11.6 Å². The fourth-order valence-corrected chi connectivity index (χ4v) is 2.69. The molecule has 112 valence electrons. The largest absolute Gasteiger partial charge is 0.497 e. The minimum absolute atomic E-state index is 0.484. The molecule has 0 radical (unpaired) electrons. The highest BCUT2D eigenvalue weighted by atomic mass is 16.5. The number of aryl methyl sites for hydroxylation is 1. The van der Waals surface area contributed by atoms with Crippen molar-refractivity contribution >= 4 is 11.5 Å². The number of aliphatic imine (C=N–C) groups is 2. The topological polar surface area (TPSA) is 60.0 Å². The van der Waals surface area contributed by atoms with Crippen LogP contribution in [0.1, 0.15) is 23.6 Å². The number of nitrogens with two attached hydrogens (primary N) is 1. The van der Waals surface area contributed by atoms with Gasteiger partial charge in [-0.3, -0.25) is 0 Å². The molecule has 4 nitrogen and oxygen atoms in total. The van der Waals surface area contributed by atoms with Gasteiger partial charge in [-0.15, -0.1) is 0 Å². The van der Waals surface area contributed by atoms with E-state index in [1.54, 1.807) is 7.11 Å². The summed E-state index contributed by atoms with van der Waals surface area (Å²) in [5.41, 5.74) is 9.13. The lowest BCUT2D eigenvalue weighted by Crippen LogP contribution is -2.22. The fourth-order valence-electron chi connectivity index (χ4n) is 2.69. The first-order valence-corrected chi connectivity index (χ1v) is 7.19. The van der Waals surface area contributed by atoms with Crippen LogP contribution in [-0.4, -0.2) is 18.7 Å². The summed E-state index contributed by atoms with van der Waals surface area (Å²) in [5, 5.41) is 0. The molecule has 0 amide bonds. The highest BCUT2D eigenvalue weighted by Gasteiger charge is 2.38. The number of amidine groups is 1. The highest BCUT2D eigenvalue weighted by Crippen LogP contribution is 2.39. The molecule has 0 aliphatic carbocycles. The molecule has 0 bridgehead atoms. The lowest BCUT2D eigenvalue weighted by molar-refractivity contribution is 0.414. The van der Waals surface area contributed by atoms with Crippen molar-refractivity contribution in [3.63, 3.8) is 0 Å². The van der Waals surface area contributed by atoms with E-state index < -0.39 is 5.66 Å². The first kappa shape index (κ1) is 14.3. The summed E-state index contributed by atoms with van der Waals surface area (Å²) in [6.07, 6.45) is 0. The van der Waals surface area contributed by atoms with Gasteiger partial charge in [-0.25, -0.2) is 9.98 Å². The molecule has 0 saturated heterocycles. The van der Waals surface area contributed by atoms with Gasteiger partial charge in [-0.2, -0.15) is 0 Å². The monoisotopic (exact) mass is 293 g/mol. The Hall–Kier alpha value is -2.62. The van der Waals surface area contributed by atoms with Crippen molar-refractivity contribution in [3.8, 4) is 5.75 Å². The van der Waals surface area contributed by atoms with E-state index in [4.69, 9.17) is 15.5 Å². The van der Waals surface area contributed by atoms with Crippen molar-refractivity contribution in [2.24, 2.45) is 15.7 Å². The lowest BCUT2D eigenvalue weighted by Gasteiger charge is -2.25. The molecule has 0 fully saturated rings. The number of hydrogen-bond acceptors (Lipinski definition) is 4. The highest BCUT2D eigenvalue weighted by molar-refractivity contribution is 6.41. The normalized spacial score (nSPS) is 20.5. The van der Waals surface area contributed by atoms with Crippen LogP contribution in [-0.2, 0) is 5.66 Å². The number of ether oxygens (including phenoxy) is 1. The van der Waals surface area contributed by atoms with Crippen LogP contribution in [0.5, 0.6) is 5.75 Å². The van der Waals surface area contributed by atoms with Gasteiger partial charge >= 0.3 is 0 Å². The zero-order chi connectivity index (χ0) is 15.7. The van der Waals surface area contributed by atoms with E-state index in [0.717, 1.165) is 22.6 Å². The number of hydrogen-bond donors (Lipinski definition) is 1. The third-order valence-corrected chi connectivity index (χ3v) is 3.90. The molecule has 2 aromatic rings. The van der Waals surface area contributed by atoms with Crippen LogP contribution in [0.25, 0.3) is 0 Å². The smallest absolute Gasteiger partial charge is 0.204 e. The van der Waals surface area contributed by atoms with Crippen LogP contribution in [0.3, 0.4) is 0 Å². The molecule has 4 heteroatoms. The van der Waals surface area contributed by atoms with E-state index >= 15 is 0 Å². The summed E-state index contributed by atoms with van der Waals surface area (Å²) in [7, 11) is 1.65. The molecule has 0 aromatic heterocycles. The predicted octanol–water partition coefficient (Wildman–Crippen LogP) is 3.04. The van der Waals surface area contributed by atoms with Crippen molar-refractivity contribution < 1.29 is 4.74 Å². The summed E-state index contributed by atoms with van der Waals surface area (Å²) >= 11 is 0. The third-order valence-electron chi connectivity index (χ3n) is 3.90. The molecule has 22 heavy (non-hydrogen) atoms. The molecule has 0 spiro atoms. The van der Waals surface area contributed by atoms with Crippen molar-refractivity contribution in [1.82, 2.24) is 0 Å². The zero-order valence-corrected chi connectivity index (χ0v) is 13.0. The standard InChI is InChI=1S/C18H19N3O/c1-12-5-4-6-15(11-12)18(20-13(2)17(19)21-18)14-7-9-16(22-3)10-8-14/h4-11H,1-3H3,(H2,19,21). The van der Waals surface area contributed by atoms with Crippen LogP contribution in [0.4, 0.5) is 0 Å². The van der Waals surface area contributed by atoms with Gasteiger partial charge in [0.05, 0.1) is 12.8 Å². The summed E-state index contributed by atoms with van der Waals surface area (Å²) in [6.45, 7) is 3.95. The second kappa shape index (κ2) is 5.30. The molecule has 0 saturated carbocycles. The maximum Gasteiger partial charge on any atom is 0.204 e. The average molecular weight is 293 g/mol. The van der Waals surface area contributed by atoms with Gasteiger partial charge in [-0.1, -0.05) is 42.0 Å². The Kier molecular flexibility index (Phi) is 3.45. The van der Waals surface area contributed by atoms with Crippen molar-refractivity contribution in [3.05, 3.63) is 65.2 Å². The Labute approximate surface area is 130 Å². The van der Waals surface area contributed by atoms with E-state index in [-0.39, 0.29) is 0 Å². The van der Waals surface area contributed by atoms with Crippen molar-refractivity contribution in [2.75, 3.05) is 7.11 Å². The molecule has 1 atom stereocenters. The molecule has 1 aliphatic heterocycles. The molecule has 2 aromatic carbocycles. The van der Waals surface area contributed by atoms with Gasteiger partial charge in [0, 0.05) is 11.1 Å². The van der Waals surface area contributed by atoms with E-state index in [0.29, 0.717) is 5.84 Å². The molecule has 1 heterocycles. The summed E-state index contributed by atoms with van der Waals surface area (Å²) < 4.78 is 5.24. The zero-order valence-electron chi connectivity index (χ0n) is 13.0. The van der Waals surface area contributed by atoms with Crippen LogP contribution in [0, 0.1) is 6.92 Å². The maximum atomic E-state index is 6.02. The molecule has 3 rings (SSSR count). The van der Waals surface area contributed by atoms with Gasteiger partial charge in [0.15, 0.2) is 0 Å². The summed E-state index contributed by atoms with van der Waals surface area (Å²) in [6, 6.07) is 16.0. The minimum atomic E-state index is -0.799. The Morgan fingerprint density at radius 1 is 0.955 bits per heavy atom. The SMILES string of the molecule is COc1ccc(C2(c3cccc(C)c3)N=C(C)C(N)=N2)cc1. The van der Waals surface area contributed by atoms with Crippen molar-refractivity contribution in [1.29, 1.82) is 0 Å². The molecule has 2 N–H and O–H groups in total. The van der Waals surface area contributed by atoms with Crippen LogP contribution in [0.2, 0.25) is 0 Å². The second-order valence-corrected chi connectivity index (χ2v) is 5.46. The van der Waals surface area contributed by atoms with Gasteiger partial charge < -0.3 is 10.5 Å². The number of benzene rings is 2.